The summed E-state index contributed by atoms with van der Waals surface area (Å²) in [5.41, 5.74) is 5.59. The Balaban J connectivity index is 2.25. The Hall–Kier alpha value is -2.08. The lowest BCUT2D eigenvalue weighted by molar-refractivity contribution is -0.123. The van der Waals surface area contributed by atoms with Crippen molar-refractivity contribution in [3.63, 3.8) is 0 Å². The highest BCUT2D eigenvalue weighted by atomic mass is 16.5. The van der Waals surface area contributed by atoms with Gasteiger partial charge in [0.05, 0.1) is 18.2 Å². The molecule has 1 atom stereocenters. The van der Waals surface area contributed by atoms with Gasteiger partial charge in [0.1, 0.15) is 5.75 Å². The molecule has 108 valence electrons. The summed E-state index contributed by atoms with van der Waals surface area (Å²) in [5, 5.41) is 6.00. The van der Waals surface area contributed by atoms with Gasteiger partial charge in [-0.2, -0.15) is 0 Å². The summed E-state index contributed by atoms with van der Waals surface area (Å²) >= 11 is 0. The van der Waals surface area contributed by atoms with Crippen molar-refractivity contribution in [1.82, 2.24) is 5.32 Å². The molecule has 4 N–H and O–H groups in total. The molecule has 1 aliphatic rings. The van der Waals surface area contributed by atoms with Crippen molar-refractivity contribution in [3.8, 4) is 5.75 Å². The van der Waals surface area contributed by atoms with E-state index in [0.717, 1.165) is 13.0 Å². The predicted octanol–water partition coefficient (Wildman–Crippen LogP) is 0.732. The largest absolute Gasteiger partial charge is 0.495 e. The number of nitrogens with one attached hydrogen (secondary N) is 2. The maximum Gasteiger partial charge on any atom is 0.248 e. The van der Waals surface area contributed by atoms with Gasteiger partial charge in [0.2, 0.25) is 11.8 Å². The average Bonchev–Trinajstić information content (AvgIpc) is 2.87. The fourth-order valence-electron chi connectivity index (χ4n) is 2.24. The molecule has 1 aromatic rings. The summed E-state index contributed by atoms with van der Waals surface area (Å²) in [6.45, 7) is 3.37. The molecule has 20 heavy (non-hydrogen) atoms. The summed E-state index contributed by atoms with van der Waals surface area (Å²) < 4.78 is 5.19. The first-order chi connectivity index (χ1) is 9.46. The number of carbonyl (C=O) groups excluding carboxylic acids is 2. The fraction of sp³-hybridized carbons (Fsp3) is 0.429. The van der Waals surface area contributed by atoms with Crippen molar-refractivity contribution in [2.24, 2.45) is 11.1 Å². The summed E-state index contributed by atoms with van der Waals surface area (Å²) in [7, 11) is 1.51. The first-order valence-corrected chi connectivity index (χ1v) is 6.46. The molecule has 1 unspecified atom stereocenters. The lowest BCUT2D eigenvalue weighted by atomic mass is 9.88. The molecule has 2 rings (SSSR count). The van der Waals surface area contributed by atoms with E-state index in [9.17, 15) is 9.59 Å². The van der Waals surface area contributed by atoms with E-state index in [1.807, 2.05) is 6.92 Å². The Morgan fingerprint density at radius 1 is 1.45 bits per heavy atom. The molecular weight excluding hydrogens is 258 g/mol. The average molecular weight is 277 g/mol. The number of methoxy groups -OCH3 is 1. The molecule has 6 nitrogen and oxygen atoms in total. The molecule has 1 heterocycles. The predicted molar refractivity (Wildman–Crippen MR) is 75.7 cm³/mol. The second kappa shape index (κ2) is 5.50. The highest BCUT2D eigenvalue weighted by Gasteiger charge is 2.36. The van der Waals surface area contributed by atoms with Gasteiger partial charge >= 0.3 is 0 Å². The summed E-state index contributed by atoms with van der Waals surface area (Å²) in [5.74, 6) is -0.141. The molecule has 0 radical (unpaired) electrons. The van der Waals surface area contributed by atoms with Crippen molar-refractivity contribution in [2.45, 2.75) is 13.3 Å². The van der Waals surface area contributed by atoms with Crippen molar-refractivity contribution < 1.29 is 14.3 Å². The third-order valence-corrected chi connectivity index (χ3v) is 3.65. The molecular formula is C14H19N3O3. The summed E-state index contributed by atoms with van der Waals surface area (Å²) in [6.07, 6.45) is 0.774. The number of ether oxygens (including phenoxy) is 1. The first kappa shape index (κ1) is 14.3. The molecule has 0 spiro atoms. The smallest absolute Gasteiger partial charge is 0.248 e. The Labute approximate surface area is 117 Å². The van der Waals surface area contributed by atoms with E-state index in [2.05, 4.69) is 10.6 Å². The quantitative estimate of drug-likeness (QED) is 0.756. The summed E-state index contributed by atoms with van der Waals surface area (Å²) in [4.78, 5) is 23.6. The first-order valence-electron chi connectivity index (χ1n) is 6.46. The highest BCUT2D eigenvalue weighted by Crippen LogP contribution is 2.30. The molecule has 1 aromatic carbocycles. The summed E-state index contributed by atoms with van der Waals surface area (Å²) in [6, 6.07) is 4.71. The maximum atomic E-state index is 12.4. The number of benzene rings is 1. The third-order valence-electron chi connectivity index (χ3n) is 3.65. The van der Waals surface area contributed by atoms with Gasteiger partial charge in [-0.05, 0) is 38.1 Å². The Morgan fingerprint density at radius 2 is 2.20 bits per heavy atom. The molecule has 6 heteroatoms. The molecule has 0 bridgehead atoms. The van der Waals surface area contributed by atoms with Crippen LogP contribution in [0.15, 0.2) is 18.2 Å². The zero-order chi connectivity index (χ0) is 14.8. The van der Waals surface area contributed by atoms with E-state index in [4.69, 9.17) is 10.5 Å². The van der Waals surface area contributed by atoms with Crippen molar-refractivity contribution >= 4 is 17.5 Å². The van der Waals surface area contributed by atoms with Gasteiger partial charge < -0.3 is 21.1 Å². The van der Waals surface area contributed by atoms with E-state index in [1.54, 1.807) is 12.1 Å². The zero-order valence-corrected chi connectivity index (χ0v) is 11.7. The molecule has 0 aromatic heterocycles. The normalized spacial score (nSPS) is 21.5. The molecule has 1 saturated heterocycles. The number of hydrogen-bond donors (Lipinski definition) is 3. The van der Waals surface area contributed by atoms with Crippen molar-refractivity contribution in [1.29, 1.82) is 0 Å². The van der Waals surface area contributed by atoms with Gasteiger partial charge in [-0.15, -0.1) is 0 Å². The van der Waals surface area contributed by atoms with Crippen molar-refractivity contribution in [2.75, 3.05) is 25.5 Å². The Bertz CT molecular complexity index is 536. The lowest BCUT2D eigenvalue weighted by Gasteiger charge is -2.22. The van der Waals surface area contributed by atoms with Crippen LogP contribution in [0.4, 0.5) is 5.69 Å². The van der Waals surface area contributed by atoms with Crippen molar-refractivity contribution in [3.05, 3.63) is 23.8 Å². The highest BCUT2D eigenvalue weighted by molar-refractivity contribution is 5.99. The van der Waals surface area contributed by atoms with Crippen LogP contribution < -0.4 is 21.1 Å². The molecule has 1 aliphatic heterocycles. The number of anilines is 1. The number of nitrogens with two attached hydrogens (primary N) is 1. The number of rotatable bonds is 4. The minimum atomic E-state index is -0.545. The standard InChI is InChI=1S/C14H19N3O3/c1-14(5-6-16-8-14)13(19)17-10-7-9(12(15)18)3-4-11(10)20-2/h3-4,7,16H,5-6,8H2,1-2H3,(H2,15,18)(H,17,19). The second-order valence-electron chi connectivity index (χ2n) is 5.22. The van der Waals surface area contributed by atoms with Crippen LogP contribution in [-0.4, -0.2) is 32.0 Å². The van der Waals surface area contributed by atoms with Gasteiger partial charge in [-0.25, -0.2) is 0 Å². The number of carbonyl (C=O) groups is 2. The molecule has 0 saturated carbocycles. The van der Waals surface area contributed by atoms with Gasteiger partial charge in [-0.3, -0.25) is 9.59 Å². The number of amides is 2. The number of hydrogen-bond acceptors (Lipinski definition) is 4. The van der Waals surface area contributed by atoms with E-state index >= 15 is 0 Å². The second-order valence-corrected chi connectivity index (χ2v) is 5.22. The van der Waals surface area contributed by atoms with Gasteiger partial charge in [0.15, 0.2) is 0 Å². The van der Waals surface area contributed by atoms with Crippen LogP contribution in [0.5, 0.6) is 5.75 Å². The third kappa shape index (κ3) is 2.75. The SMILES string of the molecule is COc1ccc(C(N)=O)cc1NC(=O)C1(C)CCNC1. The van der Waals surface area contributed by atoms with Crippen LogP contribution in [0.2, 0.25) is 0 Å². The van der Waals surface area contributed by atoms with Crippen LogP contribution in [-0.2, 0) is 4.79 Å². The minimum absolute atomic E-state index is 0.0950. The lowest BCUT2D eigenvalue weighted by Crippen LogP contribution is -2.35. The Morgan fingerprint density at radius 3 is 2.75 bits per heavy atom. The topological polar surface area (TPSA) is 93.4 Å². The van der Waals surface area contributed by atoms with Gasteiger partial charge in [0.25, 0.3) is 0 Å². The fourth-order valence-corrected chi connectivity index (χ4v) is 2.24. The maximum absolute atomic E-state index is 12.4. The van der Waals surface area contributed by atoms with Crippen LogP contribution in [0, 0.1) is 5.41 Å². The van der Waals surface area contributed by atoms with E-state index < -0.39 is 11.3 Å². The van der Waals surface area contributed by atoms with Gasteiger partial charge in [0, 0.05) is 12.1 Å². The number of primary amides is 1. The van der Waals surface area contributed by atoms with Crippen LogP contribution in [0.1, 0.15) is 23.7 Å². The molecule has 2 amide bonds. The van der Waals surface area contributed by atoms with E-state index in [0.29, 0.717) is 23.5 Å². The van der Waals surface area contributed by atoms with Crippen LogP contribution in [0.3, 0.4) is 0 Å². The zero-order valence-electron chi connectivity index (χ0n) is 11.7. The van der Waals surface area contributed by atoms with Crippen LogP contribution in [0.25, 0.3) is 0 Å². The van der Waals surface area contributed by atoms with Crippen LogP contribution >= 0.6 is 0 Å². The minimum Gasteiger partial charge on any atom is -0.495 e. The van der Waals surface area contributed by atoms with Gasteiger partial charge in [-0.1, -0.05) is 0 Å². The molecule has 0 aliphatic carbocycles. The van der Waals surface area contributed by atoms with E-state index in [1.165, 1.54) is 13.2 Å². The molecule has 1 fully saturated rings. The van der Waals surface area contributed by atoms with E-state index in [-0.39, 0.29) is 5.91 Å². The Kier molecular flexibility index (Phi) is 3.94. The monoisotopic (exact) mass is 277 g/mol.